The molecule has 2 amide bonds. The van der Waals surface area contributed by atoms with Crippen LogP contribution in [0.4, 0.5) is 4.79 Å². The lowest BCUT2D eigenvalue weighted by atomic mass is 10.2. The van der Waals surface area contributed by atoms with Gasteiger partial charge in [-0.25, -0.2) is 9.59 Å². The lowest BCUT2D eigenvalue weighted by Gasteiger charge is -2.21. The maximum atomic E-state index is 11.8. The standard InChI is InChI=1S/C12H20N2O3/c15-11(16)10-4-2-8-14(10)12(17)13-7-1-3-9-5-6-9/h9-10H,1-8H2,(H,13,17)(H,15,16)/t10-/m0/s1. The number of nitrogens with one attached hydrogen (secondary N) is 1. The maximum Gasteiger partial charge on any atom is 0.326 e. The monoisotopic (exact) mass is 240 g/mol. The minimum absolute atomic E-state index is 0.217. The summed E-state index contributed by atoms with van der Waals surface area (Å²) in [7, 11) is 0. The Morgan fingerprint density at radius 3 is 2.71 bits per heavy atom. The van der Waals surface area contributed by atoms with Gasteiger partial charge in [0.2, 0.25) is 0 Å². The summed E-state index contributed by atoms with van der Waals surface area (Å²) >= 11 is 0. The Balaban J connectivity index is 1.68. The molecule has 96 valence electrons. The van der Waals surface area contributed by atoms with Gasteiger partial charge in [0.1, 0.15) is 6.04 Å². The van der Waals surface area contributed by atoms with Crippen LogP contribution in [0.25, 0.3) is 0 Å². The lowest BCUT2D eigenvalue weighted by molar-refractivity contribution is -0.141. The number of hydrogen-bond acceptors (Lipinski definition) is 2. The zero-order valence-electron chi connectivity index (χ0n) is 10.0. The van der Waals surface area contributed by atoms with E-state index in [2.05, 4.69) is 5.32 Å². The number of urea groups is 1. The number of carbonyl (C=O) groups is 2. The van der Waals surface area contributed by atoms with Crippen molar-refractivity contribution in [3.8, 4) is 0 Å². The number of carbonyl (C=O) groups excluding carboxylic acids is 1. The van der Waals surface area contributed by atoms with Crippen LogP contribution < -0.4 is 5.32 Å². The fourth-order valence-electron chi connectivity index (χ4n) is 2.36. The Kier molecular flexibility index (Phi) is 3.86. The van der Waals surface area contributed by atoms with Crippen molar-refractivity contribution < 1.29 is 14.7 Å². The van der Waals surface area contributed by atoms with E-state index in [9.17, 15) is 9.59 Å². The van der Waals surface area contributed by atoms with Crippen LogP contribution in [0.3, 0.4) is 0 Å². The molecule has 0 aromatic rings. The zero-order valence-corrected chi connectivity index (χ0v) is 10.0. The predicted molar refractivity (Wildman–Crippen MR) is 62.7 cm³/mol. The highest BCUT2D eigenvalue weighted by Crippen LogP contribution is 2.33. The first kappa shape index (κ1) is 12.2. The second-order valence-electron chi connectivity index (χ2n) is 5.01. The molecule has 0 aromatic heterocycles. The highest BCUT2D eigenvalue weighted by Gasteiger charge is 2.33. The number of rotatable bonds is 5. The molecule has 1 saturated carbocycles. The molecule has 5 nitrogen and oxygen atoms in total. The molecule has 2 aliphatic rings. The molecule has 1 atom stereocenters. The molecule has 0 bridgehead atoms. The quantitative estimate of drug-likeness (QED) is 0.714. The minimum Gasteiger partial charge on any atom is -0.480 e. The minimum atomic E-state index is -0.893. The summed E-state index contributed by atoms with van der Waals surface area (Å²) < 4.78 is 0. The number of hydrogen-bond donors (Lipinski definition) is 2. The molecule has 0 spiro atoms. The van der Waals surface area contributed by atoms with Gasteiger partial charge in [-0.3, -0.25) is 0 Å². The number of nitrogens with zero attached hydrogens (tertiary/aromatic N) is 1. The summed E-state index contributed by atoms with van der Waals surface area (Å²) in [6.07, 6.45) is 6.21. The van der Waals surface area contributed by atoms with Gasteiger partial charge in [-0.05, 0) is 31.6 Å². The molecule has 1 saturated heterocycles. The van der Waals surface area contributed by atoms with Crippen LogP contribution in [0.2, 0.25) is 0 Å². The number of carboxylic acid groups (broad SMARTS) is 1. The third kappa shape index (κ3) is 3.35. The van der Waals surface area contributed by atoms with Crippen molar-refractivity contribution in [3.05, 3.63) is 0 Å². The first-order valence-electron chi connectivity index (χ1n) is 6.46. The van der Waals surface area contributed by atoms with E-state index in [0.717, 1.165) is 18.8 Å². The van der Waals surface area contributed by atoms with Crippen LogP contribution in [-0.2, 0) is 4.79 Å². The molecular formula is C12H20N2O3. The van der Waals surface area contributed by atoms with E-state index in [-0.39, 0.29) is 6.03 Å². The number of aliphatic carboxylic acids is 1. The summed E-state index contributed by atoms with van der Waals surface area (Å²) in [5.41, 5.74) is 0. The number of carboxylic acids is 1. The van der Waals surface area contributed by atoms with Gasteiger partial charge < -0.3 is 15.3 Å². The van der Waals surface area contributed by atoms with Gasteiger partial charge in [0.15, 0.2) is 0 Å². The summed E-state index contributed by atoms with van der Waals surface area (Å²) in [4.78, 5) is 24.1. The number of likely N-dealkylation sites (tertiary alicyclic amines) is 1. The van der Waals surface area contributed by atoms with E-state index in [1.165, 1.54) is 24.2 Å². The normalized spacial score (nSPS) is 23.8. The van der Waals surface area contributed by atoms with Gasteiger partial charge in [-0.2, -0.15) is 0 Å². The molecule has 0 radical (unpaired) electrons. The van der Waals surface area contributed by atoms with Crippen LogP contribution in [-0.4, -0.2) is 41.1 Å². The van der Waals surface area contributed by atoms with Crippen molar-refractivity contribution in [1.29, 1.82) is 0 Å². The molecule has 2 N–H and O–H groups in total. The van der Waals surface area contributed by atoms with E-state index in [1.54, 1.807) is 0 Å². The Labute approximate surface area is 101 Å². The van der Waals surface area contributed by atoms with Gasteiger partial charge >= 0.3 is 12.0 Å². The SMILES string of the molecule is O=C(O)[C@@H]1CCCN1C(=O)NCCCC1CC1. The summed E-state index contributed by atoms with van der Waals surface area (Å²) in [6.45, 7) is 1.23. The van der Waals surface area contributed by atoms with Crippen LogP contribution in [0.15, 0.2) is 0 Å². The van der Waals surface area contributed by atoms with E-state index in [0.29, 0.717) is 19.5 Å². The summed E-state index contributed by atoms with van der Waals surface area (Å²) in [5, 5.41) is 11.8. The average molecular weight is 240 g/mol. The molecule has 17 heavy (non-hydrogen) atoms. The molecule has 1 aliphatic heterocycles. The predicted octanol–water partition coefficient (Wildman–Crippen LogP) is 1.44. The number of amides is 2. The van der Waals surface area contributed by atoms with Crippen LogP contribution in [0.1, 0.15) is 38.5 Å². The summed E-state index contributed by atoms with van der Waals surface area (Å²) in [6, 6.07) is -0.843. The van der Waals surface area contributed by atoms with Gasteiger partial charge in [0.05, 0.1) is 0 Å². The van der Waals surface area contributed by atoms with Crippen LogP contribution >= 0.6 is 0 Å². The van der Waals surface area contributed by atoms with Gasteiger partial charge in [-0.15, -0.1) is 0 Å². The van der Waals surface area contributed by atoms with E-state index in [1.807, 2.05) is 0 Å². The average Bonchev–Trinajstić information content (AvgIpc) is 2.97. The second kappa shape index (κ2) is 5.38. The van der Waals surface area contributed by atoms with Crippen molar-refractivity contribution in [2.45, 2.75) is 44.6 Å². The molecule has 5 heteroatoms. The Hall–Kier alpha value is -1.26. The third-order valence-corrected chi connectivity index (χ3v) is 3.56. The second-order valence-corrected chi connectivity index (χ2v) is 5.01. The van der Waals surface area contributed by atoms with Crippen molar-refractivity contribution in [2.75, 3.05) is 13.1 Å². The van der Waals surface area contributed by atoms with E-state index >= 15 is 0 Å². The van der Waals surface area contributed by atoms with E-state index < -0.39 is 12.0 Å². The third-order valence-electron chi connectivity index (χ3n) is 3.56. The maximum absolute atomic E-state index is 11.8. The highest BCUT2D eigenvalue weighted by atomic mass is 16.4. The summed E-state index contributed by atoms with van der Waals surface area (Å²) in [5.74, 6) is -0.0129. The molecule has 0 unspecified atom stereocenters. The zero-order chi connectivity index (χ0) is 12.3. The van der Waals surface area contributed by atoms with Crippen LogP contribution in [0.5, 0.6) is 0 Å². The molecule has 2 rings (SSSR count). The molecule has 1 aliphatic carbocycles. The molecule has 0 aromatic carbocycles. The molecule has 1 heterocycles. The van der Waals surface area contributed by atoms with E-state index in [4.69, 9.17) is 5.11 Å². The van der Waals surface area contributed by atoms with Crippen LogP contribution in [0, 0.1) is 5.92 Å². The Morgan fingerprint density at radius 1 is 1.29 bits per heavy atom. The topological polar surface area (TPSA) is 69.6 Å². The van der Waals surface area contributed by atoms with Gasteiger partial charge in [0, 0.05) is 13.1 Å². The first-order valence-corrected chi connectivity index (χ1v) is 6.46. The Bertz CT molecular complexity index is 302. The van der Waals surface area contributed by atoms with Crippen molar-refractivity contribution in [1.82, 2.24) is 10.2 Å². The highest BCUT2D eigenvalue weighted by molar-refractivity contribution is 5.83. The fraction of sp³-hybridized carbons (Fsp3) is 0.833. The molecule has 2 fully saturated rings. The van der Waals surface area contributed by atoms with Gasteiger partial charge in [0.25, 0.3) is 0 Å². The smallest absolute Gasteiger partial charge is 0.326 e. The lowest BCUT2D eigenvalue weighted by Crippen LogP contribution is -2.46. The molecular weight excluding hydrogens is 220 g/mol. The Morgan fingerprint density at radius 2 is 2.06 bits per heavy atom. The van der Waals surface area contributed by atoms with Crippen molar-refractivity contribution in [2.24, 2.45) is 5.92 Å². The largest absolute Gasteiger partial charge is 0.480 e. The van der Waals surface area contributed by atoms with Crippen molar-refractivity contribution >= 4 is 12.0 Å². The first-order chi connectivity index (χ1) is 8.18. The fourth-order valence-corrected chi connectivity index (χ4v) is 2.36. The van der Waals surface area contributed by atoms with Gasteiger partial charge in [-0.1, -0.05) is 12.8 Å². The van der Waals surface area contributed by atoms with Crippen molar-refractivity contribution in [3.63, 3.8) is 0 Å².